The first-order chi connectivity index (χ1) is 8.38. The molecule has 0 aliphatic heterocycles. The highest BCUT2D eigenvalue weighted by Crippen LogP contribution is 2.43. The second kappa shape index (κ2) is 5.21. The minimum Gasteiger partial charge on any atom is -0.387 e. The second-order valence-electron chi connectivity index (χ2n) is 5.05. The van der Waals surface area contributed by atoms with Gasteiger partial charge in [0.05, 0.1) is 12.0 Å². The Balaban J connectivity index is 1.94. The van der Waals surface area contributed by atoms with E-state index in [-0.39, 0.29) is 18.8 Å². The summed E-state index contributed by atoms with van der Waals surface area (Å²) in [5.41, 5.74) is 0. The third-order valence-electron chi connectivity index (χ3n) is 3.73. The van der Waals surface area contributed by atoms with Crippen LogP contribution >= 0.6 is 11.3 Å². The molecule has 5 heteroatoms. The van der Waals surface area contributed by atoms with Crippen LogP contribution in [-0.2, 0) is 0 Å². The highest BCUT2D eigenvalue weighted by Gasteiger charge is 2.42. The summed E-state index contributed by atoms with van der Waals surface area (Å²) in [4.78, 5) is 2.00. The van der Waals surface area contributed by atoms with Crippen LogP contribution in [0.2, 0.25) is 0 Å². The van der Waals surface area contributed by atoms with Gasteiger partial charge < -0.3 is 5.11 Å². The Morgan fingerprint density at radius 2 is 1.83 bits per heavy atom. The van der Waals surface area contributed by atoms with Crippen LogP contribution in [0.1, 0.15) is 41.5 Å². The summed E-state index contributed by atoms with van der Waals surface area (Å²) in [5, 5.41) is 10.2. The molecule has 1 N–H and O–H groups in total. The number of hydrogen-bond donors (Lipinski definition) is 1. The molecule has 1 atom stereocenters. The summed E-state index contributed by atoms with van der Waals surface area (Å²) in [6.07, 6.45) is -3.46. The third-order valence-corrected chi connectivity index (χ3v) is 4.81. The summed E-state index contributed by atoms with van der Waals surface area (Å²) in [6.45, 7) is 1.96. The number of aliphatic hydroxyl groups excluding tert-OH is 1. The fourth-order valence-corrected chi connectivity index (χ4v) is 3.56. The lowest BCUT2D eigenvalue weighted by Crippen LogP contribution is -2.29. The molecule has 0 spiro atoms. The first kappa shape index (κ1) is 13.9. The summed E-state index contributed by atoms with van der Waals surface area (Å²) in [5.74, 6) is -1.20. The average molecular weight is 278 g/mol. The zero-order chi connectivity index (χ0) is 13.3. The number of aliphatic hydroxyl groups is 1. The van der Waals surface area contributed by atoms with Gasteiger partial charge in [-0.15, -0.1) is 11.3 Å². The molecule has 1 fully saturated rings. The van der Waals surface area contributed by atoms with E-state index >= 15 is 0 Å². The van der Waals surface area contributed by atoms with Crippen molar-refractivity contribution in [1.29, 1.82) is 0 Å². The van der Waals surface area contributed by atoms with E-state index in [2.05, 4.69) is 0 Å². The maximum absolute atomic E-state index is 12.5. The molecule has 0 bridgehead atoms. The molecule has 18 heavy (non-hydrogen) atoms. The Bertz CT molecular complexity index is 391. The van der Waals surface area contributed by atoms with E-state index in [1.807, 2.05) is 19.1 Å². The van der Waals surface area contributed by atoms with Gasteiger partial charge in [0.15, 0.2) is 0 Å². The molecule has 0 aromatic carbocycles. The molecular weight excluding hydrogens is 261 g/mol. The normalized spacial score (nSPS) is 27.2. The van der Waals surface area contributed by atoms with Crippen molar-refractivity contribution in [3.8, 4) is 0 Å². The van der Waals surface area contributed by atoms with E-state index in [4.69, 9.17) is 0 Å². The number of halogens is 3. The minimum atomic E-state index is -4.07. The van der Waals surface area contributed by atoms with Crippen molar-refractivity contribution in [3.63, 3.8) is 0 Å². The second-order valence-corrected chi connectivity index (χ2v) is 6.37. The summed E-state index contributed by atoms with van der Waals surface area (Å²) >= 11 is 1.52. The van der Waals surface area contributed by atoms with Gasteiger partial charge in [0.2, 0.25) is 0 Å². The molecule has 1 nitrogen and oxygen atoms in total. The molecule has 1 aliphatic carbocycles. The van der Waals surface area contributed by atoms with Crippen molar-refractivity contribution in [1.82, 2.24) is 0 Å². The molecule has 102 valence electrons. The number of rotatable bonds is 2. The molecule has 0 amide bonds. The van der Waals surface area contributed by atoms with Gasteiger partial charge in [0, 0.05) is 9.75 Å². The SMILES string of the molecule is Cc1ccc(C(O)C2CCC(C(F)(F)F)CC2)s1. The molecule has 0 radical (unpaired) electrons. The quantitative estimate of drug-likeness (QED) is 0.847. The molecular formula is C13H17F3OS. The lowest BCUT2D eigenvalue weighted by Gasteiger charge is -2.32. The first-order valence-electron chi connectivity index (χ1n) is 6.19. The van der Waals surface area contributed by atoms with Crippen molar-refractivity contribution in [3.05, 3.63) is 21.9 Å². The summed E-state index contributed by atoms with van der Waals surface area (Å²) < 4.78 is 37.6. The zero-order valence-corrected chi connectivity index (χ0v) is 11.0. The molecule has 1 aromatic rings. The molecule has 2 rings (SSSR count). The predicted molar refractivity (Wildman–Crippen MR) is 65.5 cm³/mol. The van der Waals surface area contributed by atoms with Gasteiger partial charge >= 0.3 is 6.18 Å². The fourth-order valence-electron chi connectivity index (χ4n) is 2.61. The lowest BCUT2D eigenvalue weighted by molar-refractivity contribution is -0.185. The Morgan fingerprint density at radius 1 is 1.22 bits per heavy atom. The van der Waals surface area contributed by atoms with Crippen LogP contribution in [0.15, 0.2) is 12.1 Å². The molecule has 0 saturated heterocycles. The van der Waals surface area contributed by atoms with Crippen LogP contribution < -0.4 is 0 Å². The highest BCUT2D eigenvalue weighted by molar-refractivity contribution is 7.12. The largest absolute Gasteiger partial charge is 0.391 e. The number of aryl methyl sites for hydroxylation is 1. The van der Waals surface area contributed by atoms with Crippen LogP contribution in [0.5, 0.6) is 0 Å². The van der Waals surface area contributed by atoms with E-state index in [1.54, 1.807) is 0 Å². The maximum Gasteiger partial charge on any atom is 0.391 e. The summed E-state index contributed by atoms with van der Waals surface area (Å²) in [6, 6.07) is 3.81. The Hall–Kier alpha value is -0.550. The van der Waals surface area contributed by atoms with Crippen molar-refractivity contribution in [2.75, 3.05) is 0 Å². The minimum absolute atomic E-state index is 0.0263. The van der Waals surface area contributed by atoms with E-state index in [0.717, 1.165) is 9.75 Å². The average Bonchev–Trinajstić information content (AvgIpc) is 2.74. The third kappa shape index (κ3) is 3.06. The van der Waals surface area contributed by atoms with Crippen molar-refractivity contribution in [2.24, 2.45) is 11.8 Å². The molecule has 1 aliphatic rings. The van der Waals surface area contributed by atoms with Gasteiger partial charge in [0.1, 0.15) is 0 Å². The van der Waals surface area contributed by atoms with Gasteiger partial charge in [-0.1, -0.05) is 0 Å². The van der Waals surface area contributed by atoms with Gasteiger partial charge in [-0.2, -0.15) is 13.2 Å². The van der Waals surface area contributed by atoms with Gasteiger partial charge in [-0.3, -0.25) is 0 Å². The monoisotopic (exact) mass is 278 g/mol. The van der Waals surface area contributed by atoms with E-state index in [0.29, 0.717) is 12.8 Å². The van der Waals surface area contributed by atoms with Crippen LogP contribution in [0.4, 0.5) is 13.2 Å². The Kier molecular flexibility index (Phi) is 4.02. The molecule has 1 saturated carbocycles. The van der Waals surface area contributed by atoms with Crippen LogP contribution in [0.3, 0.4) is 0 Å². The van der Waals surface area contributed by atoms with E-state index in [9.17, 15) is 18.3 Å². The molecule has 1 aromatic heterocycles. The lowest BCUT2D eigenvalue weighted by atomic mass is 9.79. The highest BCUT2D eigenvalue weighted by atomic mass is 32.1. The van der Waals surface area contributed by atoms with E-state index in [1.165, 1.54) is 11.3 Å². The van der Waals surface area contributed by atoms with E-state index < -0.39 is 18.2 Å². The smallest absolute Gasteiger partial charge is 0.387 e. The predicted octanol–water partition coefficient (Wildman–Crippen LogP) is 4.46. The summed E-state index contributed by atoms with van der Waals surface area (Å²) in [7, 11) is 0. The van der Waals surface area contributed by atoms with Crippen LogP contribution in [0, 0.1) is 18.8 Å². The number of thiophene rings is 1. The standard InChI is InChI=1S/C13H17F3OS/c1-8-2-7-11(18-8)12(17)9-3-5-10(6-4-9)13(14,15)16/h2,7,9-10,12,17H,3-6H2,1H3. The number of alkyl halides is 3. The Labute approximate surface area is 109 Å². The van der Waals surface area contributed by atoms with Crippen molar-refractivity contribution in [2.45, 2.75) is 44.9 Å². The van der Waals surface area contributed by atoms with Crippen molar-refractivity contribution >= 4 is 11.3 Å². The fraction of sp³-hybridized carbons (Fsp3) is 0.692. The zero-order valence-electron chi connectivity index (χ0n) is 10.2. The number of hydrogen-bond acceptors (Lipinski definition) is 2. The Morgan fingerprint density at radius 3 is 2.28 bits per heavy atom. The van der Waals surface area contributed by atoms with Crippen LogP contribution in [0.25, 0.3) is 0 Å². The molecule has 1 unspecified atom stereocenters. The maximum atomic E-state index is 12.5. The topological polar surface area (TPSA) is 20.2 Å². The first-order valence-corrected chi connectivity index (χ1v) is 7.00. The van der Waals surface area contributed by atoms with Crippen molar-refractivity contribution < 1.29 is 18.3 Å². The molecule has 1 heterocycles. The van der Waals surface area contributed by atoms with Crippen LogP contribution in [-0.4, -0.2) is 11.3 Å². The van der Waals surface area contributed by atoms with Gasteiger partial charge in [-0.25, -0.2) is 0 Å². The van der Waals surface area contributed by atoms with Gasteiger partial charge in [0.25, 0.3) is 0 Å². The van der Waals surface area contributed by atoms with Gasteiger partial charge in [-0.05, 0) is 50.7 Å².